The molecule has 0 saturated heterocycles. The summed E-state index contributed by atoms with van der Waals surface area (Å²) in [6, 6.07) is 13.0. The number of amides is 2. The summed E-state index contributed by atoms with van der Waals surface area (Å²) in [6.07, 6.45) is 1.54. The molecule has 0 spiro atoms. The second-order valence-corrected chi connectivity index (χ2v) is 6.42. The third-order valence-electron chi connectivity index (χ3n) is 4.61. The highest BCUT2D eigenvalue weighted by Crippen LogP contribution is 2.32. The van der Waals surface area contributed by atoms with E-state index < -0.39 is 0 Å². The first-order valence-electron chi connectivity index (χ1n) is 8.66. The smallest absolute Gasteiger partial charge is 0.278 e. The van der Waals surface area contributed by atoms with Gasteiger partial charge in [0, 0.05) is 18.3 Å². The molecule has 1 aliphatic rings. The maximum absolute atomic E-state index is 13.0. The van der Waals surface area contributed by atoms with Gasteiger partial charge >= 0.3 is 0 Å². The summed E-state index contributed by atoms with van der Waals surface area (Å²) in [5.41, 5.74) is 4.20. The van der Waals surface area contributed by atoms with Gasteiger partial charge in [0.05, 0.1) is 12.7 Å². The van der Waals surface area contributed by atoms with Gasteiger partial charge in [-0.25, -0.2) is 0 Å². The molecule has 2 aromatic carbocycles. The number of aryl methyl sites for hydroxylation is 2. The molecule has 138 valence electrons. The Kier molecular flexibility index (Phi) is 5.12. The fraction of sp³-hybridized carbons (Fsp3) is 0.182. The number of methoxy groups -OCH3 is 1. The number of nitrogens with one attached hydrogen (secondary N) is 1. The average molecular weight is 362 g/mol. The number of benzene rings is 2. The molecular weight excluding hydrogens is 340 g/mol. The fourth-order valence-corrected chi connectivity index (χ4v) is 3.00. The van der Waals surface area contributed by atoms with Gasteiger partial charge in [-0.05, 0) is 42.7 Å². The lowest BCUT2D eigenvalue weighted by Gasteiger charge is -2.12. The van der Waals surface area contributed by atoms with Crippen LogP contribution in [0.25, 0.3) is 5.57 Å². The number of hydrogen-bond acceptors (Lipinski definition) is 4. The Morgan fingerprint density at radius 3 is 2.52 bits per heavy atom. The van der Waals surface area contributed by atoms with Crippen molar-refractivity contribution in [1.82, 2.24) is 4.90 Å². The molecule has 0 bridgehead atoms. The zero-order valence-corrected chi connectivity index (χ0v) is 15.7. The van der Waals surface area contributed by atoms with Gasteiger partial charge in [-0.3, -0.25) is 14.5 Å². The fourth-order valence-electron chi connectivity index (χ4n) is 3.00. The minimum atomic E-state index is -0.365. The molecule has 0 fully saturated rings. The van der Waals surface area contributed by atoms with Crippen LogP contribution >= 0.6 is 0 Å². The van der Waals surface area contributed by atoms with Crippen molar-refractivity contribution in [1.29, 1.82) is 0 Å². The molecule has 0 radical (unpaired) electrons. The molecule has 3 rings (SSSR count). The van der Waals surface area contributed by atoms with E-state index in [1.165, 1.54) is 4.90 Å². The highest BCUT2D eigenvalue weighted by molar-refractivity contribution is 6.36. The Hall–Kier alpha value is -3.34. The van der Waals surface area contributed by atoms with E-state index in [9.17, 15) is 9.59 Å². The first-order chi connectivity index (χ1) is 13.0. The Morgan fingerprint density at radius 2 is 1.85 bits per heavy atom. The molecule has 2 aromatic rings. The second kappa shape index (κ2) is 7.50. The minimum Gasteiger partial charge on any atom is -0.497 e. The van der Waals surface area contributed by atoms with Crippen molar-refractivity contribution >= 4 is 23.1 Å². The van der Waals surface area contributed by atoms with Crippen LogP contribution in [-0.4, -0.2) is 30.4 Å². The van der Waals surface area contributed by atoms with Crippen LogP contribution in [0.15, 0.2) is 60.8 Å². The topological polar surface area (TPSA) is 58.6 Å². The Morgan fingerprint density at radius 1 is 1.07 bits per heavy atom. The largest absolute Gasteiger partial charge is 0.497 e. The molecule has 0 aromatic heterocycles. The van der Waals surface area contributed by atoms with Crippen molar-refractivity contribution in [3.8, 4) is 5.75 Å². The van der Waals surface area contributed by atoms with Gasteiger partial charge in [0.1, 0.15) is 11.4 Å². The molecule has 0 aliphatic carbocycles. The molecular formula is C22H22N2O3. The highest BCUT2D eigenvalue weighted by atomic mass is 16.5. The summed E-state index contributed by atoms with van der Waals surface area (Å²) < 4.78 is 5.24. The molecule has 0 unspecified atom stereocenters. The van der Waals surface area contributed by atoms with E-state index in [0.29, 0.717) is 22.6 Å². The van der Waals surface area contributed by atoms with Crippen molar-refractivity contribution in [2.24, 2.45) is 0 Å². The van der Waals surface area contributed by atoms with Crippen molar-refractivity contribution in [3.05, 3.63) is 77.5 Å². The van der Waals surface area contributed by atoms with Crippen LogP contribution < -0.4 is 10.1 Å². The van der Waals surface area contributed by atoms with Gasteiger partial charge in [-0.2, -0.15) is 0 Å². The van der Waals surface area contributed by atoms with Gasteiger partial charge in [0.15, 0.2) is 0 Å². The Labute approximate surface area is 158 Å². The number of imide groups is 1. The van der Waals surface area contributed by atoms with E-state index in [2.05, 4.69) is 11.9 Å². The molecule has 27 heavy (non-hydrogen) atoms. The molecule has 0 saturated carbocycles. The number of carbonyl (C=O) groups excluding carboxylic acids is 2. The molecule has 2 amide bonds. The minimum absolute atomic E-state index is 0.162. The van der Waals surface area contributed by atoms with Crippen molar-refractivity contribution in [3.63, 3.8) is 0 Å². The first kappa shape index (κ1) is 18.5. The number of ether oxygens (including phenoxy) is 1. The Bertz CT molecular complexity index is 960. The van der Waals surface area contributed by atoms with E-state index in [-0.39, 0.29) is 24.1 Å². The number of rotatable bonds is 6. The maximum atomic E-state index is 13.0. The molecule has 5 heteroatoms. The summed E-state index contributed by atoms with van der Waals surface area (Å²) >= 11 is 0. The summed E-state index contributed by atoms with van der Waals surface area (Å²) in [7, 11) is 1.58. The van der Waals surface area contributed by atoms with Crippen LogP contribution in [0, 0.1) is 13.8 Å². The number of carbonyl (C=O) groups is 2. The monoisotopic (exact) mass is 362 g/mol. The predicted octanol–water partition coefficient (Wildman–Crippen LogP) is 3.69. The average Bonchev–Trinajstić information content (AvgIpc) is 2.89. The summed E-state index contributed by atoms with van der Waals surface area (Å²) in [5, 5.41) is 3.12. The summed E-state index contributed by atoms with van der Waals surface area (Å²) in [4.78, 5) is 27.1. The highest BCUT2D eigenvalue weighted by Gasteiger charge is 2.38. The van der Waals surface area contributed by atoms with E-state index in [4.69, 9.17) is 4.74 Å². The van der Waals surface area contributed by atoms with Gasteiger partial charge in [-0.1, -0.05) is 30.3 Å². The third kappa shape index (κ3) is 3.49. The van der Waals surface area contributed by atoms with Gasteiger partial charge in [0.2, 0.25) is 0 Å². The molecule has 0 atom stereocenters. The van der Waals surface area contributed by atoms with Crippen molar-refractivity contribution in [2.75, 3.05) is 19.0 Å². The molecule has 5 nitrogen and oxygen atoms in total. The van der Waals surface area contributed by atoms with Gasteiger partial charge in [-0.15, -0.1) is 6.58 Å². The van der Waals surface area contributed by atoms with E-state index >= 15 is 0 Å². The van der Waals surface area contributed by atoms with Gasteiger partial charge in [0.25, 0.3) is 11.8 Å². The molecule has 1 aliphatic heterocycles. The quantitative estimate of drug-likeness (QED) is 0.629. The van der Waals surface area contributed by atoms with E-state index in [0.717, 1.165) is 11.1 Å². The standard InChI is InChI=1S/C22H22N2O3/c1-5-11-24-21(25)19(16-10-9-14(2)15(3)12-16)20(22(24)26)23-17-7-6-8-18(13-17)27-4/h5-10,12-13,23H,1,11H2,2-4H3. The van der Waals surface area contributed by atoms with Crippen LogP contribution in [0.2, 0.25) is 0 Å². The van der Waals surface area contributed by atoms with E-state index in [1.54, 1.807) is 19.3 Å². The van der Waals surface area contributed by atoms with Crippen LogP contribution in [0.3, 0.4) is 0 Å². The first-order valence-corrected chi connectivity index (χ1v) is 8.66. The lowest BCUT2D eigenvalue weighted by molar-refractivity contribution is -0.136. The SMILES string of the molecule is C=CCN1C(=O)C(Nc2cccc(OC)c2)=C(c2ccc(C)c(C)c2)C1=O. The van der Waals surface area contributed by atoms with Crippen LogP contribution in [-0.2, 0) is 9.59 Å². The molecule has 1 heterocycles. The van der Waals surface area contributed by atoms with Crippen LogP contribution in [0.1, 0.15) is 16.7 Å². The van der Waals surface area contributed by atoms with Crippen molar-refractivity contribution in [2.45, 2.75) is 13.8 Å². The maximum Gasteiger partial charge on any atom is 0.278 e. The van der Waals surface area contributed by atoms with Gasteiger partial charge < -0.3 is 10.1 Å². The van der Waals surface area contributed by atoms with Crippen LogP contribution in [0.5, 0.6) is 5.75 Å². The summed E-state index contributed by atoms with van der Waals surface area (Å²) in [6.45, 7) is 7.80. The Balaban J connectivity index is 2.10. The van der Waals surface area contributed by atoms with Crippen LogP contribution in [0.4, 0.5) is 5.69 Å². The second-order valence-electron chi connectivity index (χ2n) is 6.42. The number of anilines is 1. The van der Waals surface area contributed by atoms with Crippen molar-refractivity contribution < 1.29 is 14.3 Å². The predicted molar refractivity (Wildman–Crippen MR) is 106 cm³/mol. The number of hydrogen-bond donors (Lipinski definition) is 1. The molecule has 1 N–H and O–H groups in total. The summed E-state index contributed by atoms with van der Waals surface area (Å²) in [5.74, 6) is -0.0300. The zero-order chi connectivity index (χ0) is 19.6. The lowest BCUT2D eigenvalue weighted by Crippen LogP contribution is -2.32. The normalized spacial score (nSPS) is 14.0. The number of nitrogens with zero attached hydrogens (tertiary/aromatic N) is 1. The lowest BCUT2D eigenvalue weighted by atomic mass is 9.99. The van der Waals surface area contributed by atoms with E-state index in [1.807, 2.05) is 50.2 Å². The third-order valence-corrected chi connectivity index (χ3v) is 4.61. The zero-order valence-electron chi connectivity index (χ0n) is 15.7.